The number of nitrogens with zero attached hydrogens (tertiary/aromatic N) is 1. The summed E-state index contributed by atoms with van der Waals surface area (Å²) in [5.41, 5.74) is 2.32. The lowest BCUT2D eigenvalue weighted by atomic mass is 9.99. The second kappa shape index (κ2) is 6.59. The van der Waals surface area contributed by atoms with E-state index in [9.17, 15) is 0 Å². The van der Waals surface area contributed by atoms with Crippen LogP contribution in [0.5, 0.6) is 11.5 Å². The van der Waals surface area contributed by atoms with Crippen molar-refractivity contribution in [1.29, 1.82) is 0 Å². The van der Waals surface area contributed by atoms with E-state index in [-0.39, 0.29) is 6.04 Å². The van der Waals surface area contributed by atoms with Gasteiger partial charge in [0.15, 0.2) is 11.5 Å². The molecular weight excluding hydrogens is 264 g/mol. The van der Waals surface area contributed by atoms with Crippen LogP contribution in [0.25, 0.3) is 0 Å². The van der Waals surface area contributed by atoms with E-state index in [0.717, 1.165) is 30.0 Å². The Bertz CT molecular complexity index is 587. The Balaban J connectivity index is 1.92. The van der Waals surface area contributed by atoms with E-state index in [1.54, 1.807) is 6.20 Å². The van der Waals surface area contributed by atoms with Crippen molar-refractivity contribution in [3.8, 4) is 11.5 Å². The molecule has 4 heteroatoms. The Morgan fingerprint density at radius 3 is 2.76 bits per heavy atom. The lowest BCUT2D eigenvalue weighted by molar-refractivity contribution is 0.171. The van der Waals surface area contributed by atoms with Crippen LogP contribution in [0.1, 0.15) is 30.5 Å². The molecule has 1 aliphatic rings. The molecule has 1 aliphatic heterocycles. The Kier molecular flexibility index (Phi) is 4.36. The molecule has 0 radical (unpaired) electrons. The van der Waals surface area contributed by atoms with Crippen molar-refractivity contribution in [3.05, 3.63) is 53.9 Å². The maximum absolute atomic E-state index is 5.69. The fourth-order valence-corrected chi connectivity index (χ4v) is 2.50. The third-order valence-corrected chi connectivity index (χ3v) is 3.52. The predicted molar refractivity (Wildman–Crippen MR) is 81.8 cm³/mol. The predicted octanol–water partition coefficient (Wildman–Crippen LogP) is 2.94. The van der Waals surface area contributed by atoms with Crippen LogP contribution in [-0.2, 0) is 0 Å². The first-order chi connectivity index (χ1) is 10.4. The SMILES string of the molecule is CCCNC(c1cccnc1)c1ccc2c(c1)OCCO2. The van der Waals surface area contributed by atoms with Crippen molar-refractivity contribution >= 4 is 0 Å². The van der Waals surface area contributed by atoms with Gasteiger partial charge in [-0.05, 0) is 42.3 Å². The van der Waals surface area contributed by atoms with E-state index in [0.29, 0.717) is 13.2 Å². The molecule has 2 heterocycles. The standard InChI is InChI=1S/C17H20N2O2/c1-2-7-19-17(14-4-3-8-18-12-14)13-5-6-15-16(11-13)21-10-9-20-15/h3-6,8,11-12,17,19H,2,7,9-10H2,1H3. The largest absolute Gasteiger partial charge is 0.486 e. The zero-order valence-corrected chi connectivity index (χ0v) is 12.2. The Morgan fingerprint density at radius 1 is 1.14 bits per heavy atom. The molecule has 0 aliphatic carbocycles. The minimum atomic E-state index is 0.120. The maximum Gasteiger partial charge on any atom is 0.161 e. The Labute approximate surface area is 125 Å². The fourth-order valence-electron chi connectivity index (χ4n) is 2.50. The van der Waals surface area contributed by atoms with Gasteiger partial charge in [-0.2, -0.15) is 0 Å². The van der Waals surface area contributed by atoms with E-state index in [1.165, 1.54) is 5.56 Å². The minimum Gasteiger partial charge on any atom is -0.486 e. The third-order valence-electron chi connectivity index (χ3n) is 3.52. The number of pyridine rings is 1. The number of hydrogen-bond donors (Lipinski definition) is 1. The summed E-state index contributed by atoms with van der Waals surface area (Å²) in [5, 5.41) is 3.57. The lowest BCUT2D eigenvalue weighted by Crippen LogP contribution is -2.24. The number of rotatable bonds is 5. The van der Waals surface area contributed by atoms with Gasteiger partial charge in [0.1, 0.15) is 13.2 Å². The molecule has 0 saturated carbocycles. The molecule has 0 fully saturated rings. The molecule has 1 N–H and O–H groups in total. The molecule has 1 atom stereocenters. The third kappa shape index (κ3) is 3.16. The van der Waals surface area contributed by atoms with Gasteiger partial charge in [0, 0.05) is 12.4 Å². The maximum atomic E-state index is 5.69. The number of nitrogens with one attached hydrogen (secondary N) is 1. The highest BCUT2D eigenvalue weighted by Crippen LogP contribution is 2.34. The van der Waals surface area contributed by atoms with Crippen LogP contribution < -0.4 is 14.8 Å². The van der Waals surface area contributed by atoms with Gasteiger partial charge in [-0.1, -0.05) is 19.1 Å². The van der Waals surface area contributed by atoms with Crippen LogP contribution in [0.4, 0.5) is 0 Å². The Hall–Kier alpha value is -2.07. The van der Waals surface area contributed by atoms with Crippen molar-refractivity contribution in [1.82, 2.24) is 10.3 Å². The van der Waals surface area contributed by atoms with Gasteiger partial charge in [-0.25, -0.2) is 0 Å². The highest BCUT2D eigenvalue weighted by Gasteiger charge is 2.18. The Morgan fingerprint density at radius 2 is 2.00 bits per heavy atom. The molecule has 1 aromatic heterocycles. The van der Waals surface area contributed by atoms with Gasteiger partial charge in [0.05, 0.1) is 6.04 Å². The van der Waals surface area contributed by atoms with E-state index < -0.39 is 0 Å². The zero-order chi connectivity index (χ0) is 14.5. The second-order valence-electron chi connectivity index (χ2n) is 5.08. The van der Waals surface area contributed by atoms with Crippen molar-refractivity contribution < 1.29 is 9.47 Å². The molecule has 4 nitrogen and oxygen atoms in total. The highest BCUT2D eigenvalue weighted by molar-refractivity contribution is 5.46. The topological polar surface area (TPSA) is 43.4 Å². The van der Waals surface area contributed by atoms with Crippen LogP contribution in [0.2, 0.25) is 0 Å². The van der Waals surface area contributed by atoms with Gasteiger partial charge in [-0.3, -0.25) is 4.98 Å². The van der Waals surface area contributed by atoms with Crippen molar-refractivity contribution in [2.75, 3.05) is 19.8 Å². The number of benzene rings is 1. The molecule has 110 valence electrons. The summed E-state index contributed by atoms with van der Waals surface area (Å²) in [4.78, 5) is 4.23. The monoisotopic (exact) mass is 284 g/mol. The number of fused-ring (bicyclic) bond motifs is 1. The van der Waals surface area contributed by atoms with Crippen LogP contribution in [0.3, 0.4) is 0 Å². The molecular formula is C17H20N2O2. The zero-order valence-electron chi connectivity index (χ0n) is 12.2. The van der Waals surface area contributed by atoms with Crippen molar-refractivity contribution in [2.24, 2.45) is 0 Å². The van der Waals surface area contributed by atoms with Crippen LogP contribution in [-0.4, -0.2) is 24.7 Å². The van der Waals surface area contributed by atoms with Gasteiger partial charge in [-0.15, -0.1) is 0 Å². The highest BCUT2D eigenvalue weighted by atomic mass is 16.6. The van der Waals surface area contributed by atoms with E-state index in [4.69, 9.17) is 9.47 Å². The summed E-state index contributed by atoms with van der Waals surface area (Å²) in [6.45, 7) is 4.34. The molecule has 1 unspecified atom stereocenters. The molecule has 0 spiro atoms. The number of ether oxygens (including phenoxy) is 2. The molecule has 2 aromatic rings. The summed E-state index contributed by atoms with van der Waals surface area (Å²) in [5.74, 6) is 1.65. The average molecular weight is 284 g/mol. The lowest BCUT2D eigenvalue weighted by Gasteiger charge is -2.23. The first-order valence-corrected chi connectivity index (χ1v) is 7.41. The summed E-state index contributed by atoms with van der Waals surface area (Å²) in [7, 11) is 0. The summed E-state index contributed by atoms with van der Waals surface area (Å²) in [6.07, 6.45) is 4.79. The van der Waals surface area contributed by atoms with Gasteiger partial charge in [0.25, 0.3) is 0 Å². The summed E-state index contributed by atoms with van der Waals surface area (Å²) < 4.78 is 11.3. The molecule has 1 aromatic carbocycles. The minimum absolute atomic E-state index is 0.120. The molecule has 0 bridgehead atoms. The van der Waals surface area contributed by atoms with Gasteiger partial charge in [0.2, 0.25) is 0 Å². The van der Waals surface area contributed by atoms with Gasteiger partial charge >= 0.3 is 0 Å². The fraction of sp³-hybridized carbons (Fsp3) is 0.353. The quantitative estimate of drug-likeness (QED) is 0.916. The first kappa shape index (κ1) is 13.9. The average Bonchev–Trinajstić information content (AvgIpc) is 2.56. The molecule has 0 amide bonds. The van der Waals surface area contributed by atoms with E-state index >= 15 is 0 Å². The van der Waals surface area contributed by atoms with Crippen LogP contribution in [0.15, 0.2) is 42.7 Å². The molecule has 3 rings (SSSR count). The molecule has 21 heavy (non-hydrogen) atoms. The number of aromatic nitrogens is 1. The molecule has 0 saturated heterocycles. The van der Waals surface area contributed by atoms with Crippen LogP contribution in [0, 0.1) is 0 Å². The normalized spacial score (nSPS) is 14.7. The van der Waals surface area contributed by atoms with Gasteiger partial charge < -0.3 is 14.8 Å². The smallest absolute Gasteiger partial charge is 0.161 e. The van der Waals surface area contributed by atoms with Crippen LogP contribution >= 0.6 is 0 Å². The van der Waals surface area contributed by atoms with E-state index in [1.807, 2.05) is 18.3 Å². The van der Waals surface area contributed by atoms with Crippen molar-refractivity contribution in [3.63, 3.8) is 0 Å². The van der Waals surface area contributed by atoms with E-state index in [2.05, 4.69) is 35.4 Å². The first-order valence-electron chi connectivity index (χ1n) is 7.41. The summed E-state index contributed by atoms with van der Waals surface area (Å²) in [6, 6.07) is 10.3. The second-order valence-corrected chi connectivity index (χ2v) is 5.08. The van der Waals surface area contributed by atoms with Crippen molar-refractivity contribution in [2.45, 2.75) is 19.4 Å². The summed E-state index contributed by atoms with van der Waals surface area (Å²) >= 11 is 0. The number of hydrogen-bond acceptors (Lipinski definition) is 4.